The van der Waals surface area contributed by atoms with Crippen LogP contribution in [0.25, 0.3) is 0 Å². The molecule has 1 aliphatic carbocycles. The van der Waals surface area contributed by atoms with Crippen molar-refractivity contribution < 1.29 is 9.59 Å². The highest BCUT2D eigenvalue weighted by atomic mass is 35.5. The zero-order valence-electron chi connectivity index (χ0n) is 12.5. The van der Waals surface area contributed by atoms with Crippen LogP contribution in [0.3, 0.4) is 0 Å². The lowest BCUT2D eigenvalue weighted by atomic mass is 9.84. The van der Waals surface area contributed by atoms with Crippen molar-refractivity contribution in [2.24, 2.45) is 0 Å². The van der Waals surface area contributed by atoms with Crippen molar-refractivity contribution in [2.75, 3.05) is 0 Å². The molecule has 0 unspecified atom stereocenters. The quantitative estimate of drug-likeness (QED) is 0.494. The lowest BCUT2D eigenvalue weighted by Gasteiger charge is -2.19. The minimum atomic E-state index is -0.0998. The van der Waals surface area contributed by atoms with Gasteiger partial charge in [0.1, 0.15) is 0 Å². The van der Waals surface area contributed by atoms with Gasteiger partial charge in [-0.25, -0.2) is 0 Å². The molecule has 0 radical (unpaired) electrons. The molecule has 0 N–H and O–H groups in total. The summed E-state index contributed by atoms with van der Waals surface area (Å²) in [6.07, 6.45) is 0. The first-order valence-corrected chi connectivity index (χ1v) is 8.59. The van der Waals surface area contributed by atoms with Gasteiger partial charge in [-0.05, 0) is 30.3 Å². The van der Waals surface area contributed by atoms with E-state index in [2.05, 4.69) is 0 Å². The van der Waals surface area contributed by atoms with E-state index < -0.39 is 0 Å². The molecule has 24 heavy (non-hydrogen) atoms. The van der Waals surface area contributed by atoms with Crippen LogP contribution < -0.4 is 0 Å². The van der Waals surface area contributed by atoms with E-state index in [0.29, 0.717) is 27.3 Å². The maximum atomic E-state index is 12.9. The Morgan fingerprint density at radius 1 is 0.667 bits per heavy atom. The second kappa shape index (κ2) is 5.93. The Morgan fingerprint density at radius 2 is 1.29 bits per heavy atom. The summed E-state index contributed by atoms with van der Waals surface area (Å²) in [6.45, 7) is 0. The predicted octanol–water partition coefficient (Wildman–Crippen LogP) is 5.27. The van der Waals surface area contributed by atoms with Gasteiger partial charge in [0.15, 0.2) is 11.6 Å². The third-order valence-electron chi connectivity index (χ3n) is 3.96. The van der Waals surface area contributed by atoms with Crippen molar-refractivity contribution >= 4 is 34.9 Å². The van der Waals surface area contributed by atoms with Crippen LogP contribution >= 0.6 is 23.4 Å². The van der Waals surface area contributed by atoms with E-state index in [1.54, 1.807) is 30.3 Å². The lowest BCUT2D eigenvalue weighted by molar-refractivity contribution is 0.0977. The highest BCUT2D eigenvalue weighted by Gasteiger charge is 2.31. The normalized spacial score (nSPS) is 12.7. The van der Waals surface area contributed by atoms with Crippen molar-refractivity contribution in [3.8, 4) is 0 Å². The number of fused-ring (bicyclic) bond motifs is 2. The summed E-state index contributed by atoms with van der Waals surface area (Å²) >= 11 is 7.38. The first-order chi connectivity index (χ1) is 11.6. The smallest absolute Gasteiger partial charge is 0.195 e. The summed E-state index contributed by atoms with van der Waals surface area (Å²) in [5.41, 5.74) is 1.90. The van der Waals surface area contributed by atoms with Gasteiger partial charge in [-0.3, -0.25) is 9.59 Å². The summed E-state index contributed by atoms with van der Waals surface area (Å²) < 4.78 is 0. The molecule has 0 spiro atoms. The Labute approximate surface area is 148 Å². The van der Waals surface area contributed by atoms with Crippen LogP contribution in [0.1, 0.15) is 31.8 Å². The highest BCUT2D eigenvalue weighted by molar-refractivity contribution is 7.99. The molecule has 0 atom stereocenters. The van der Waals surface area contributed by atoms with Gasteiger partial charge in [0.05, 0.1) is 0 Å². The fourth-order valence-electron chi connectivity index (χ4n) is 2.83. The van der Waals surface area contributed by atoms with Crippen molar-refractivity contribution in [3.63, 3.8) is 0 Å². The van der Waals surface area contributed by atoms with Crippen LogP contribution in [0.5, 0.6) is 0 Å². The van der Waals surface area contributed by atoms with E-state index in [-0.39, 0.29) is 11.6 Å². The molecule has 2 nitrogen and oxygen atoms in total. The van der Waals surface area contributed by atoms with Gasteiger partial charge < -0.3 is 0 Å². The predicted molar refractivity (Wildman–Crippen MR) is 95.3 cm³/mol. The monoisotopic (exact) mass is 350 g/mol. The minimum Gasteiger partial charge on any atom is -0.289 e. The summed E-state index contributed by atoms with van der Waals surface area (Å²) in [4.78, 5) is 27.4. The third-order valence-corrected chi connectivity index (χ3v) is 5.28. The number of carbonyl (C=O) groups excluding carboxylic acids is 2. The second-order valence-corrected chi connectivity index (χ2v) is 6.99. The van der Waals surface area contributed by atoms with Gasteiger partial charge in [0.2, 0.25) is 0 Å². The van der Waals surface area contributed by atoms with Crippen LogP contribution in [0.4, 0.5) is 0 Å². The molecule has 0 fully saturated rings. The molecule has 4 heteroatoms. The lowest BCUT2D eigenvalue weighted by Crippen LogP contribution is -2.21. The van der Waals surface area contributed by atoms with Gasteiger partial charge in [0.25, 0.3) is 0 Å². The number of benzene rings is 3. The van der Waals surface area contributed by atoms with E-state index in [0.717, 1.165) is 9.79 Å². The first kappa shape index (κ1) is 15.2. The second-order valence-electron chi connectivity index (χ2n) is 5.44. The summed E-state index contributed by atoms with van der Waals surface area (Å²) in [7, 11) is 0. The van der Waals surface area contributed by atoms with Crippen LogP contribution in [-0.4, -0.2) is 11.6 Å². The Bertz CT molecular complexity index is 977. The van der Waals surface area contributed by atoms with Gasteiger partial charge in [-0.2, -0.15) is 0 Å². The average molecular weight is 351 g/mol. The zero-order chi connectivity index (χ0) is 16.7. The first-order valence-electron chi connectivity index (χ1n) is 7.40. The maximum absolute atomic E-state index is 12.9. The number of halogens is 1. The molecule has 0 aromatic heterocycles. The van der Waals surface area contributed by atoms with Crippen LogP contribution in [0, 0.1) is 0 Å². The molecule has 0 bridgehead atoms. The molecule has 1 aliphatic rings. The van der Waals surface area contributed by atoms with Gasteiger partial charge >= 0.3 is 0 Å². The van der Waals surface area contributed by atoms with E-state index in [1.807, 2.05) is 36.4 Å². The standard InChI is InChI=1S/C20H11ClO2S/c21-12-8-10-13(11-9-12)24-17-7-3-6-16-18(17)20(23)15-5-2-1-4-14(15)19(16)22/h1-11H. The van der Waals surface area contributed by atoms with Gasteiger partial charge in [-0.15, -0.1) is 0 Å². The van der Waals surface area contributed by atoms with E-state index in [1.165, 1.54) is 11.8 Å². The SMILES string of the molecule is O=C1c2ccccc2C(=O)c2c(Sc3ccc(Cl)cc3)cccc21. The summed E-state index contributed by atoms with van der Waals surface area (Å²) in [6, 6.07) is 19.8. The van der Waals surface area contributed by atoms with Gasteiger partial charge in [0, 0.05) is 37.1 Å². The molecular formula is C20H11ClO2S. The number of hydrogen-bond donors (Lipinski definition) is 0. The van der Waals surface area contributed by atoms with Crippen LogP contribution in [0.15, 0.2) is 76.5 Å². The van der Waals surface area contributed by atoms with E-state index in [4.69, 9.17) is 11.6 Å². The van der Waals surface area contributed by atoms with Crippen molar-refractivity contribution in [3.05, 3.63) is 94.0 Å². The fourth-order valence-corrected chi connectivity index (χ4v) is 3.93. The van der Waals surface area contributed by atoms with Crippen molar-refractivity contribution in [2.45, 2.75) is 9.79 Å². The fraction of sp³-hybridized carbons (Fsp3) is 0. The molecule has 116 valence electrons. The number of rotatable bonds is 2. The van der Waals surface area contributed by atoms with E-state index >= 15 is 0 Å². The van der Waals surface area contributed by atoms with Crippen LogP contribution in [0.2, 0.25) is 5.02 Å². The molecule has 3 aromatic carbocycles. The molecular weight excluding hydrogens is 340 g/mol. The Kier molecular flexibility index (Phi) is 3.75. The molecule has 3 aromatic rings. The Hall–Kier alpha value is -2.36. The minimum absolute atomic E-state index is 0.0984. The number of carbonyl (C=O) groups is 2. The molecule has 0 amide bonds. The van der Waals surface area contributed by atoms with Crippen molar-refractivity contribution in [1.29, 1.82) is 0 Å². The van der Waals surface area contributed by atoms with E-state index in [9.17, 15) is 9.59 Å². The third kappa shape index (κ3) is 2.46. The van der Waals surface area contributed by atoms with Crippen molar-refractivity contribution in [1.82, 2.24) is 0 Å². The number of hydrogen-bond acceptors (Lipinski definition) is 3. The van der Waals surface area contributed by atoms with Crippen LogP contribution in [-0.2, 0) is 0 Å². The average Bonchev–Trinajstić information content (AvgIpc) is 2.61. The molecule has 0 heterocycles. The Balaban J connectivity index is 1.83. The Morgan fingerprint density at radius 3 is 2.00 bits per heavy atom. The molecule has 0 saturated carbocycles. The summed E-state index contributed by atoms with van der Waals surface area (Å²) in [5, 5.41) is 0.662. The largest absolute Gasteiger partial charge is 0.289 e. The molecule has 4 rings (SSSR count). The summed E-state index contributed by atoms with van der Waals surface area (Å²) in [5.74, 6) is -0.198. The zero-order valence-corrected chi connectivity index (χ0v) is 14.0. The maximum Gasteiger partial charge on any atom is 0.195 e. The molecule has 0 aliphatic heterocycles. The molecule has 0 saturated heterocycles. The van der Waals surface area contributed by atoms with Gasteiger partial charge in [-0.1, -0.05) is 59.8 Å². The number of ketones is 2. The highest BCUT2D eigenvalue weighted by Crippen LogP contribution is 2.37. The topological polar surface area (TPSA) is 34.1 Å².